The molecule has 0 saturated heterocycles. The number of nitrogens with zero attached hydrogens (tertiary/aromatic N) is 3. The van der Waals surface area contributed by atoms with E-state index in [1.807, 2.05) is 36.4 Å². The van der Waals surface area contributed by atoms with Crippen LogP contribution in [0.25, 0.3) is 99.2 Å². The van der Waals surface area contributed by atoms with Gasteiger partial charge in [-0.05, 0) is 44.5 Å². The highest BCUT2D eigenvalue weighted by atomic mass is 14.9. The van der Waals surface area contributed by atoms with Gasteiger partial charge in [-0.2, -0.15) is 0 Å². The molecule has 0 radical (unpaired) electrons. The Morgan fingerprint density at radius 3 is 1.50 bits per heavy atom. The molecule has 0 saturated carbocycles. The summed E-state index contributed by atoms with van der Waals surface area (Å²) in [7, 11) is 0. The van der Waals surface area contributed by atoms with Crippen LogP contribution in [-0.2, 0) is 0 Å². The Bertz CT molecular complexity index is 2860. The Morgan fingerprint density at radius 1 is 0.300 bits per heavy atom. The maximum Gasteiger partial charge on any atom is 0.160 e. The second kappa shape index (κ2) is 11.5. The number of hydrogen-bond acceptors (Lipinski definition) is 3. The first-order valence-electron chi connectivity index (χ1n) is 17.0. The van der Waals surface area contributed by atoms with Crippen LogP contribution in [0.3, 0.4) is 0 Å². The van der Waals surface area contributed by atoms with Gasteiger partial charge in [0, 0.05) is 38.4 Å². The Labute approximate surface area is 289 Å². The van der Waals surface area contributed by atoms with Crippen LogP contribution in [0.1, 0.15) is 0 Å². The molecule has 0 spiro atoms. The van der Waals surface area contributed by atoms with E-state index in [4.69, 9.17) is 15.0 Å². The van der Waals surface area contributed by atoms with Crippen LogP contribution in [0.2, 0.25) is 0 Å². The van der Waals surface area contributed by atoms with E-state index in [-0.39, 0.29) is 0 Å². The molecule has 2 aromatic heterocycles. The van der Waals surface area contributed by atoms with Gasteiger partial charge in [-0.3, -0.25) is 0 Å². The van der Waals surface area contributed by atoms with Crippen molar-refractivity contribution in [2.24, 2.45) is 0 Å². The fraction of sp³-hybridized carbons (Fsp3) is 0. The Kier molecular flexibility index (Phi) is 6.49. The standard InChI is InChI=1S/C47H29N3/c1-3-15-31(16-4-1)41-29-42(32-17-5-2-6-18-32)49-47(48-41)34-20-13-19-33(28-34)45-39-25-12-11-24-38(39)44-37-23-10-9-22-36(37)43-35-21-8-7-14-30(35)26-27-40(43)46(44)50-45/h1-29H. The highest BCUT2D eigenvalue weighted by Crippen LogP contribution is 2.43. The maximum absolute atomic E-state index is 5.58. The number of fused-ring (bicyclic) bond motifs is 10. The smallest absolute Gasteiger partial charge is 0.160 e. The zero-order chi connectivity index (χ0) is 33.0. The maximum atomic E-state index is 5.58. The molecule has 3 nitrogen and oxygen atoms in total. The van der Waals surface area contributed by atoms with Gasteiger partial charge in [-0.15, -0.1) is 0 Å². The van der Waals surface area contributed by atoms with Crippen LogP contribution in [0.4, 0.5) is 0 Å². The average molecular weight is 636 g/mol. The van der Waals surface area contributed by atoms with Gasteiger partial charge in [0.15, 0.2) is 5.82 Å². The SMILES string of the molecule is c1ccc(-c2cc(-c3ccccc3)nc(-c3cccc(-c4nc5c6ccc7ccccc7c6c6ccccc6c5c5ccccc45)c3)n2)cc1. The Morgan fingerprint density at radius 2 is 0.820 bits per heavy atom. The second-order valence-electron chi connectivity index (χ2n) is 12.8. The first-order chi connectivity index (χ1) is 24.8. The zero-order valence-corrected chi connectivity index (χ0v) is 27.1. The van der Waals surface area contributed by atoms with Crippen molar-refractivity contribution in [3.05, 3.63) is 176 Å². The van der Waals surface area contributed by atoms with Crippen molar-refractivity contribution in [3.8, 4) is 45.2 Å². The van der Waals surface area contributed by atoms with Crippen LogP contribution < -0.4 is 0 Å². The fourth-order valence-electron chi connectivity index (χ4n) is 7.52. The molecular formula is C47H29N3. The van der Waals surface area contributed by atoms with Crippen molar-refractivity contribution in [1.29, 1.82) is 0 Å². The summed E-state index contributed by atoms with van der Waals surface area (Å²) in [6, 6.07) is 61.9. The van der Waals surface area contributed by atoms with Crippen LogP contribution in [0.15, 0.2) is 176 Å². The molecule has 232 valence electrons. The summed E-state index contributed by atoms with van der Waals surface area (Å²) in [5.74, 6) is 0.681. The predicted molar refractivity (Wildman–Crippen MR) is 209 cm³/mol. The van der Waals surface area contributed by atoms with Crippen LogP contribution in [-0.4, -0.2) is 15.0 Å². The molecule has 10 aromatic rings. The highest BCUT2D eigenvalue weighted by Gasteiger charge is 2.18. The molecule has 2 heterocycles. The monoisotopic (exact) mass is 635 g/mol. The van der Waals surface area contributed by atoms with Gasteiger partial charge < -0.3 is 0 Å². The third-order valence-corrected chi connectivity index (χ3v) is 9.82. The summed E-state index contributed by atoms with van der Waals surface area (Å²) >= 11 is 0. The molecule has 0 unspecified atom stereocenters. The van der Waals surface area contributed by atoms with E-state index in [0.29, 0.717) is 5.82 Å². The summed E-state index contributed by atoms with van der Waals surface area (Å²) in [5.41, 5.74) is 7.81. The lowest BCUT2D eigenvalue weighted by Gasteiger charge is -2.16. The quantitative estimate of drug-likeness (QED) is 0.181. The van der Waals surface area contributed by atoms with E-state index in [2.05, 4.69) is 140 Å². The van der Waals surface area contributed by atoms with Crippen LogP contribution in [0.5, 0.6) is 0 Å². The summed E-state index contributed by atoms with van der Waals surface area (Å²) in [4.78, 5) is 15.8. The molecule has 0 aliphatic heterocycles. The lowest BCUT2D eigenvalue weighted by Crippen LogP contribution is -1.97. The van der Waals surface area contributed by atoms with Crippen molar-refractivity contribution < 1.29 is 0 Å². The molecule has 3 heteroatoms. The summed E-state index contributed by atoms with van der Waals surface area (Å²) < 4.78 is 0. The zero-order valence-electron chi connectivity index (χ0n) is 27.1. The first kappa shape index (κ1) is 28.3. The molecular weight excluding hydrogens is 607 g/mol. The van der Waals surface area contributed by atoms with Crippen molar-refractivity contribution in [2.45, 2.75) is 0 Å². The fourth-order valence-corrected chi connectivity index (χ4v) is 7.52. The predicted octanol–water partition coefficient (Wildman–Crippen LogP) is 12.3. The third-order valence-electron chi connectivity index (χ3n) is 9.82. The molecule has 8 aromatic carbocycles. The van der Waals surface area contributed by atoms with E-state index in [0.717, 1.165) is 55.6 Å². The lowest BCUT2D eigenvalue weighted by molar-refractivity contribution is 1.18. The minimum atomic E-state index is 0.681. The Hall–Kier alpha value is -6.71. The molecule has 0 atom stereocenters. The molecule has 0 aliphatic rings. The summed E-state index contributed by atoms with van der Waals surface area (Å²) in [5, 5.41) is 10.8. The summed E-state index contributed by atoms with van der Waals surface area (Å²) in [6.07, 6.45) is 0. The van der Waals surface area contributed by atoms with E-state index in [1.165, 1.54) is 37.7 Å². The minimum Gasteiger partial charge on any atom is -0.246 e. The van der Waals surface area contributed by atoms with E-state index in [9.17, 15) is 0 Å². The van der Waals surface area contributed by atoms with Gasteiger partial charge in [0.2, 0.25) is 0 Å². The molecule has 10 rings (SSSR count). The van der Waals surface area contributed by atoms with Crippen molar-refractivity contribution in [2.75, 3.05) is 0 Å². The minimum absolute atomic E-state index is 0.681. The number of aromatic nitrogens is 3. The number of hydrogen-bond donors (Lipinski definition) is 0. The van der Waals surface area contributed by atoms with Gasteiger partial charge in [0.05, 0.1) is 22.6 Å². The normalized spacial score (nSPS) is 11.6. The number of rotatable bonds is 4. The molecule has 0 amide bonds. The summed E-state index contributed by atoms with van der Waals surface area (Å²) in [6.45, 7) is 0. The van der Waals surface area contributed by atoms with E-state index < -0.39 is 0 Å². The van der Waals surface area contributed by atoms with Gasteiger partial charge in [0.1, 0.15) is 0 Å². The van der Waals surface area contributed by atoms with E-state index >= 15 is 0 Å². The molecule has 0 bridgehead atoms. The van der Waals surface area contributed by atoms with Gasteiger partial charge in [-0.1, -0.05) is 164 Å². The van der Waals surface area contributed by atoms with Gasteiger partial charge >= 0.3 is 0 Å². The first-order valence-corrected chi connectivity index (χ1v) is 17.0. The number of pyridine rings is 1. The Balaban J connectivity index is 1.24. The van der Waals surface area contributed by atoms with Gasteiger partial charge in [0.25, 0.3) is 0 Å². The van der Waals surface area contributed by atoms with Crippen LogP contribution in [0, 0.1) is 0 Å². The average Bonchev–Trinajstić information content (AvgIpc) is 3.20. The lowest BCUT2D eigenvalue weighted by atomic mass is 9.90. The third kappa shape index (κ3) is 4.56. The molecule has 0 fully saturated rings. The molecule has 0 aliphatic carbocycles. The molecule has 50 heavy (non-hydrogen) atoms. The highest BCUT2D eigenvalue weighted by molar-refractivity contribution is 6.35. The number of benzene rings is 8. The largest absolute Gasteiger partial charge is 0.246 e. The van der Waals surface area contributed by atoms with Crippen molar-refractivity contribution in [3.63, 3.8) is 0 Å². The molecule has 0 N–H and O–H groups in total. The topological polar surface area (TPSA) is 38.7 Å². The van der Waals surface area contributed by atoms with Crippen molar-refractivity contribution >= 4 is 54.0 Å². The van der Waals surface area contributed by atoms with Gasteiger partial charge in [-0.25, -0.2) is 15.0 Å². The van der Waals surface area contributed by atoms with Crippen molar-refractivity contribution in [1.82, 2.24) is 15.0 Å². The second-order valence-corrected chi connectivity index (χ2v) is 12.8. The van der Waals surface area contributed by atoms with Crippen LogP contribution >= 0.6 is 0 Å². The van der Waals surface area contributed by atoms with E-state index in [1.54, 1.807) is 0 Å².